The molecule has 0 spiro atoms. The highest BCUT2D eigenvalue weighted by Gasteiger charge is 2.23. The van der Waals surface area contributed by atoms with Gasteiger partial charge in [0.15, 0.2) is 17.5 Å². The molecule has 0 bridgehead atoms. The molecule has 37 heavy (non-hydrogen) atoms. The molecule has 4 aromatic rings. The number of benzene rings is 1. The topological polar surface area (TPSA) is 146 Å². The molecular weight excluding hydrogens is 470 g/mol. The van der Waals surface area contributed by atoms with Crippen LogP contribution in [0.4, 0.5) is 0 Å². The van der Waals surface area contributed by atoms with Gasteiger partial charge in [-0.2, -0.15) is 0 Å². The van der Waals surface area contributed by atoms with E-state index in [-0.39, 0.29) is 11.9 Å². The summed E-state index contributed by atoms with van der Waals surface area (Å²) in [5.74, 6) is 1.70. The van der Waals surface area contributed by atoms with E-state index in [0.29, 0.717) is 55.0 Å². The van der Waals surface area contributed by atoms with Crippen molar-refractivity contribution in [3.63, 3.8) is 0 Å². The summed E-state index contributed by atoms with van der Waals surface area (Å²) in [7, 11) is 1.77. The van der Waals surface area contributed by atoms with E-state index in [1.54, 1.807) is 30.3 Å². The number of nitrogens with two attached hydrogens (primary N) is 2. The lowest BCUT2D eigenvalue weighted by molar-refractivity contribution is -0.110. The van der Waals surface area contributed by atoms with Gasteiger partial charge in [-0.05, 0) is 62.2 Å². The van der Waals surface area contributed by atoms with Crippen LogP contribution in [0.3, 0.4) is 0 Å². The van der Waals surface area contributed by atoms with Gasteiger partial charge in [-0.3, -0.25) is 14.8 Å². The van der Waals surface area contributed by atoms with E-state index in [4.69, 9.17) is 20.9 Å². The smallest absolute Gasteiger partial charge is 0.253 e. The Morgan fingerprint density at radius 3 is 2.73 bits per heavy atom. The number of carbonyl (C=O) groups excluding carboxylic acids is 2. The predicted octanol–water partition coefficient (Wildman–Crippen LogP) is 3.11. The van der Waals surface area contributed by atoms with Gasteiger partial charge in [0.1, 0.15) is 12.0 Å². The van der Waals surface area contributed by atoms with Crippen LogP contribution in [0.5, 0.6) is 0 Å². The quantitative estimate of drug-likeness (QED) is 0.139. The first-order valence-corrected chi connectivity index (χ1v) is 12.1. The number of pyridine rings is 1. The van der Waals surface area contributed by atoms with Crippen LogP contribution in [0, 0.1) is 6.92 Å². The lowest BCUT2D eigenvalue weighted by Gasteiger charge is -2.17. The fourth-order valence-electron chi connectivity index (χ4n) is 4.21. The first-order valence-electron chi connectivity index (χ1n) is 12.1. The van der Waals surface area contributed by atoms with Crippen LogP contribution in [-0.4, -0.2) is 57.7 Å². The summed E-state index contributed by atoms with van der Waals surface area (Å²) in [4.78, 5) is 40.1. The molecule has 10 nitrogen and oxygen atoms in total. The van der Waals surface area contributed by atoms with E-state index in [0.717, 1.165) is 23.3 Å². The molecule has 1 aromatic carbocycles. The van der Waals surface area contributed by atoms with Gasteiger partial charge >= 0.3 is 0 Å². The van der Waals surface area contributed by atoms with Gasteiger partial charge in [0.05, 0.1) is 17.1 Å². The summed E-state index contributed by atoms with van der Waals surface area (Å²) >= 11 is 0. The Bertz CT molecular complexity index is 1400. The van der Waals surface area contributed by atoms with Crippen LogP contribution in [0.25, 0.3) is 22.6 Å². The second-order valence-corrected chi connectivity index (χ2v) is 8.87. The molecule has 3 heterocycles. The van der Waals surface area contributed by atoms with Gasteiger partial charge in [0, 0.05) is 44.0 Å². The number of carbonyl (C=O) groups is 2. The monoisotopic (exact) mass is 501 g/mol. The number of nitrogens with zero attached hydrogens (tertiary/aromatic N) is 5. The van der Waals surface area contributed by atoms with Crippen LogP contribution < -0.4 is 11.5 Å². The zero-order valence-electron chi connectivity index (χ0n) is 21.0. The van der Waals surface area contributed by atoms with Crippen molar-refractivity contribution >= 4 is 29.2 Å². The second-order valence-electron chi connectivity index (χ2n) is 8.87. The third kappa shape index (κ3) is 6.03. The maximum absolute atomic E-state index is 13.2. The maximum atomic E-state index is 13.2. The van der Waals surface area contributed by atoms with Crippen LogP contribution in [0.15, 0.2) is 64.1 Å². The normalized spacial score (nSPS) is 11.8. The van der Waals surface area contributed by atoms with Gasteiger partial charge < -0.3 is 30.1 Å². The molecule has 0 saturated heterocycles. The molecule has 1 atom stereocenters. The third-order valence-corrected chi connectivity index (χ3v) is 6.11. The number of amides is 1. The Labute approximate surface area is 215 Å². The van der Waals surface area contributed by atoms with Gasteiger partial charge in [-0.25, -0.2) is 4.98 Å². The van der Waals surface area contributed by atoms with Crippen molar-refractivity contribution in [2.24, 2.45) is 16.5 Å². The Morgan fingerprint density at radius 2 is 2.05 bits per heavy atom. The highest BCUT2D eigenvalue weighted by atomic mass is 16.3. The van der Waals surface area contributed by atoms with E-state index in [9.17, 15) is 9.59 Å². The van der Waals surface area contributed by atoms with Crippen LogP contribution in [0.1, 0.15) is 40.7 Å². The van der Waals surface area contributed by atoms with Gasteiger partial charge in [-0.15, -0.1) is 0 Å². The number of aliphatic imine (C=N–C) groups is 1. The lowest BCUT2D eigenvalue weighted by atomic mass is 10.1. The Balaban J connectivity index is 1.63. The number of likely N-dealkylation sites (N-methyl/N-ethyl adjacent to an activating group) is 1. The summed E-state index contributed by atoms with van der Waals surface area (Å²) in [6, 6.07) is 14.2. The summed E-state index contributed by atoms with van der Waals surface area (Å²) in [6.45, 7) is 2.79. The molecule has 0 aliphatic rings. The Kier molecular flexibility index (Phi) is 7.97. The number of aryl methyl sites for hydroxylation is 1. The molecule has 3 aromatic heterocycles. The van der Waals surface area contributed by atoms with E-state index in [1.807, 2.05) is 47.9 Å². The first-order chi connectivity index (χ1) is 17.9. The number of imidazole rings is 1. The average molecular weight is 502 g/mol. The summed E-state index contributed by atoms with van der Waals surface area (Å²) in [6.07, 6.45) is 4.40. The fourth-order valence-corrected chi connectivity index (χ4v) is 4.21. The van der Waals surface area contributed by atoms with Crippen molar-refractivity contribution in [3.05, 3.63) is 71.7 Å². The van der Waals surface area contributed by atoms with E-state index in [2.05, 4.69) is 9.98 Å². The molecule has 192 valence electrons. The first kappa shape index (κ1) is 25.6. The number of fused-ring (bicyclic) bond motifs is 1. The minimum absolute atomic E-state index is 0.0182. The zero-order valence-corrected chi connectivity index (χ0v) is 21.0. The minimum Gasteiger partial charge on any atom is -0.458 e. The highest BCUT2D eigenvalue weighted by Crippen LogP contribution is 2.31. The van der Waals surface area contributed by atoms with E-state index < -0.39 is 6.04 Å². The minimum atomic E-state index is -0.512. The predicted molar refractivity (Wildman–Crippen MR) is 142 cm³/mol. The molecule has 4 N–H and O–H groups in total. The number of hydrogen-bond acceptors (Lipinski definition) is 6. The van der Waals surface area contributed by atoms with Crippen molar-refractivity contribution in [1.29, 1.82) is 0 Å². The summed E-state index contributed by atoms with van der Waals surface area (Å²) < 4.78 is 7.70. The molecule has 0 unspecified atom stereocenters. The molecule has 10 heteroatoms. The number of hydrogen-bond donors (Lipinski definition) is 2. The average Bonchev–Trinajstić information content (AvgIpc) is 3.50. The zero-order chi connectivity index (χ0) is 26.4. The number of rotatable bonds is 11. The second kappa shape index (κ2) is 11.5. The van der Waals surface area contributed by atoms with Crippen LogP contribution >= 0.6 is 0 Å². The van der Waals surface area contributed by atoms with Crippen molar-refractivity contribution in [2.45, 2.75) is 32.2 Å². The number of aldehydes is 1. The summed E-state index contributed by atoms with van der Waals surface area (Å²) in [5.41, 5.74) is 13.6. The van der Waals surface area contributed by atoms with Crippen molar-refractivity contribution in [3.8, 4) is 11.6 Å². The maximum Gasteiger partial charge on any atom is 0.253 e. The van der Waals surface area contributed by atoms with Crippen molar-refractivity contribution in [2.75, 3.05) is 20.1 Å². The standard InChI is InChI=1S/C27H31N7O3/c1-18-8-11-24(37-18)25-32-22-16-19(26(36)33(2)15-12-20-6-3-4-13-30-20)9-10-23(22)34(25)21(17-35)7-5-14-31-27(28)29/h3-4,6,8-11,13,16-17,21H,5,7,12,14-15H2,1-2H3,(H4,28,29,31)/t21-/m0/s1. The van der Waals surface area contributed by atoms with Gasteiger partial charge in [-0.1, -0.05) is 6.07 Å². The highest BCUT2D eigenvalue weighted by molar-refractivity contribution is 5.98. The molecule has 1 amide bonds. The van der Waals surface area contributed by atoms with Crippen molar-refractivity contribution in [1.82, 2.24) is 19.4 Å². The fraction of sp³-hybridized carbons (Fsp3) is 0.296. The van der Waals surface area contributed by atoms with Crippen LogP contribution in [0.2, 0.25) is 0 Å². The molecular formula is C27H31N7O3. The van der Waals surface area contributed by atoms with Gasteiger partial charge in [0.25, 0.3) is 5.91 Å². The van der Waals surface area contributed by atoms with Crippen LogP contribution in [-0.2, 0) is 11.2 Å². The largest absolute Gasteiger partial charge is 0.458 e. The molecule has 0 saturated carbocycles. The number of aromatic nitrogens is 3. The number of furan rings is 1. The van der Waals surface area contributed by atoms with Gasteiger partial charge in [0.2, 0.25) is 0 Å². The molecule has 0 radical (unpaired) electrons. The SMILES string of the molecule is Cc1ccc(-c2nc3cc(C(=O)N(C)CCc4ccccn4)ccc3n2[C@H](C=O)CCCN=C(N)N)o1. The van der Waals surface area contributed by atoms with E-state index >= 15 is 0 Å². The number of guanidine groups is 1. The third-order valence-electron chi connectivity index (χ3n) is 6.11. The lowest BCUT2D eigenvalue weighted by Crippen LogP contribution is -2.29. The molecule has 4 rings (SSSR count). The Hall–Kier alpha value is -4.47. The van der Waals surface area contributed by atoms with Crippen molar-refractivity contribution < 1.29 is 14.0 Å². The Morgan fingerprint density at radius 1 is 1.22 bits per heavy atom. The summed E-state index contributed by atoms with van der Waals surface area (Å²) in [5, 5.41) is 0. The molecule has 0 fully saturated rings. The molecule has 0 aliphatic carbocycles. The van der Waals surface area contributed by atoms with E-state index in [1.165, 1.54) is 0 Å². The molecule has 0 aliphatic heterocycles.